The van der Waals surface area contributed by atoms with Crippen molar-refractivity contribution in [1.82, 2.24) is 15.1 Å². The van der Waals surface area contributed by atoms with E-state index in [2.05, 4.69) is 33.0 Å². The van der Waals surface area contributed by atoms with Crippen molar-refractivity contribution in [3.8, 4) is 11.5 Å². The summed E-state index contributed by atoms with van der Waals surface area (Å²) in [6.07, 6.45) is 5.52. The van der Waals surface area contributed by atoms with Crippen LogP contribution in [0.4, 0.5) is 0 Å². The molecule has 0 spiro atoms. The van der Waals surface area contributed by atoms with Crippen molar-refractivity contribution < 1.29 is 9.53 Å². The molecule has 1 saturated carbocycles. The van der Waals surface area contributed by atoms with Gasteiger partial charge in [-0.15, -0.1) is 0 Å². The smallest absolute Gasteiger partial charge is 0.241 e. The maximum atomic E-state index is 11.7. The number of amides is 1. The Bertz CT molecular complexity index is 605. The number of ether oxygens (including phenoxy) is 1. The minimum Gasteiger partial charge on any atom is -0.454 e. The van der Waals surface area contributed by atoms with Gasteiger partial charge in [0.15, 0.2) is 5.75 Å². The van der Waals surface area contributed by atoms with Crippen LogP contribution in [0.3, 0.4) is 0 Å². The molecule has 1 aliphatic rings. The molecule has 0 radical (unpaired) electrons. The topological polar surface area (TPSA) is 56.2 Å². The molecule has 0 saturated heterocycles. The number of rotatable bonds is 5. The zero-order valence-corrected chi connectivity index (χ0v) is 12.9. The standard InChI is InChI=1S/C14H14IN3O2/c15-10-1-5-12(6-2-10)20-13-7-16-18(8-13)9-14(19)17-11-3-4-11/h1-2,5-8,11H,3-4,9H2,(H,17,19). The summed E-state index contributed by atoms with van der Waals surface area (Å²) in [7, 11) is 0. The van der Waals surface area contributed by atoms with Crippen LogP contribution in [0.25, 0.3) is 0 Å². The van der Waals surface area contributed by atoms with Crippen molar-refractivity contribution in [3.63, 3.8) is 0 Å². The van der Waals surface area contributed by atoms with Gasteiger partial charge in [-0.05, 0) is 59.7 Å². The Kier molecular flexibility index (Phi) is 3.90. The Balaban J connectivity index is 1.58. The summed E-state index contributed by atoms with van der Waals surface area (Å²) < 4.78 is 8.41. The summed E-state index contributed by atoms with van der Waals surface area (Å²) in [6.45, 7) is 0.229. The molecule has 1 heterocycles. The fourth-order valence-corrected chi connectivity index (χ4v) is 2.13. The first-order chi connectivity index (χ1) is 9.69. The SMILES string of the molecule is O=C(Cn1cc(Oc2ccc(I)cc2)cn1)NC1CC1. The zero-order valence-electron chi connectivity index (χ0n) is 10.8. The lowest BCUT2D eigenvalue weighted by Gasteiger charge is -2.03. The predicted molar refractivity (Wildman–Crippen MR) is 82.6 cm³/mol. The van der Waals surface area contributed by atoms with Crippen LogP contribution in [0.2, 0.25) is 0 Å². The van der Waals surface area contributed by atoms with Gasteiger partial charge in [-0.2, -0.15) is 5.10 Å². The molecule has 1 aromatic carbocycles. The van der Waals surface area contributed by atoms with Crippen LogP contribution in [0, 0.1) is 3.57 Å². The van der Waals surface area contributed by atoms with Crippen LogP contribution < -0.4 is 10.1 Å². The summed E-state index contributed by atoms with van der Waals surface area (Å²) >= 11 is 2.24. The molecule has 5 nitrogen and oxygen atoms in total. The third-order valence-electron chi connectivity index (χ3n) is 2.91. The van der Waals surface area contributed by atoms with Gasteiger partial charge in [0.05, 0.1) is 12.4 Å². The van der Waals surface area contributed by atoms with Gasteiger partial charge in [-0.1, -0.05) is 0 Å². The minimum atomic E-state index is -0.00332. The molecule has 104 valence electrons. The third kappa shape index (κ3) is 3.72. The number of nitrogens with zero attached hydrogens (tertiary/aromatic N) is 2. The lowest BCUT2D eigenvalue weighted by atomic mass is 10.3. The first-order valence-electron chi connectivity index (χ1n) is 6.44. The predicted octanol–water partition coefficient (Wildman–Crippen LogP) is 2.56. The number of halogens is 1. The molecule has 1 amide bonds. The molecule has 1 aliphatic carbocycles. The average Bonchev–Trinajstić information content (AvgIpc) is 3.12. The average molecular weight is 383 g/mol. The molecule has 0 atom stereocenters. The van der Waals surface area contributed by atoms with Gasteiger partial charge in [-0.3, -0.25) is 9.48 Å². The second-order valence-corrected chi connectivity index (χ2v) is 6.02. The van der Waals surface area contributed by atoms with Gasteiger partial charge >= 0.3 is 0 Å². The molecule has 0 aliphatic heterocycles. The Morgan fingerprint density at radius 3 is 2.80 bits per heavy atom. The lowest BCUT2D eigenvalue weighted by molar-refractivity contribution is -0.122. The van der Waals surface area contributed by atoms with Crippen LogP contribution in [0.15, 0.2) is 36.7 Å². The summed E-state index contributed by atoms with van der Waals surface area (Å²) in [6, 6.07) is 8.13. The molecular weight excluding hydrogens is 369 g/mol. The molecular formula is C14H14IN3O2. The molecule has 1 N–H and O–H groups in total. The van der Waals surface area contributed by atoms with E-state index >= 15 is 0 Å². The number of aromatic nitrogens is 2. The maximum absolute atomic E-state index is 11.7. The molecule has 6 heteroatoms. The van der Waals surface area contributed by atoms with E-state index in [1.54, 1.807) is 17.1 Å². The van der Waals surface area contributed by atoms with E-state index < -0.39 is 0 Å². The van der Waals surface area contributed by atoms with Crippen LogP contribution in [-0.2, 0) is 11.3 Å². The van der Waals surface area contributed by atoms with Gasteiger partial charge in [-0.25, -0.2) is 0 Å². The van der Waals surface area contributed by atoms with Crippen molar-refractivity contribution in [3.05, 3.63) is 40.2 Å². The van der Waals surface area contributed by atoms with Crippen LogP contribution in [0.5, 0.6) is 11.5 Å². The Labute approximate surface area is 130 Å². The molecule has 1 aromatic heterocycles. The van der Waals surface area contributed by atoms with Gasteiger partial charge < -0.3 is 10.1 Å². The number of nitrogens with one attached hydrogen (secondary N) is 1. The summed E-state index contributed by atoms with van der Waals surface area (Å²) in [5, 5.41) is 7.05. The van der Waals surface area contributed by atoms with Crippen molar-refractivity contribution in [2.24, 2.45) is 0 Å². The number of carbonyl (C=O) groups excluding carboxylic acids is 1. The van der Waals surface area contributed by atoms with E-state index in [1.807, 2.05) is 24.3 Å². The molecule has 0 bridgehead atoms. The molecule has 20 heavy (non-hydrogen) atoms. The van der Waals surface area contributed by atoms with Gasteiger partial charge in [0.25, 0.3) is 0 Å². The quantitative estimate of drug-likeness (QED) is 0.808. The second kappa shape index (κ2) is 5.82. The first kappa shape index (κ1) is 13.4. The molecule has 1 fully saturated rings. The van der Waals surface area contributed by atoms with E-state index in [4.69, 9.17) is 4.74 Å². The normalized spacial score (nSPS) is 14.1. The van der Waals surface area contributed by atoms with Crippen LogP contribution >= 0.6 is 22.6 Å². The lowest BCUT2D eigenvalue weighted by Crippen LogP contribution is -2.29. The van der Waals surface area contributed by atoms with Crippen molar-refractivity contribution in [1.29, 1.82) is 0 Å². The maximum Gasteiger partial charge on any atom is 0.241 e. The third-order valence-corrected chi connectivity index (χ3v) is 3.63. The zero-order chi connectivity index (χ0) is 13.9. The highest BCUT2D eigenvalue weighted by Crippen LogP contribution is 2.21. The second-order valence-electron chi connectivity index (χ2n) is 4.77. The number of carbonyl (C=O) groups is 1. The first-order valence-corrected chi connectivity index (χ1v) is 7.52. The van der Waals surface area contributed by atoms with E-state index in [0.29, 0.717) is 11.8 Å². The van der Waals surface area contributed by atoms with Gasteiger partial charge in [0.1, 0.15) is 12.3 Å². The summed E-state index contributed by atoms with van der Waals surface area (Å²) in [4.78, 5) is 11.7. The van der Waals surface area contributed by atoms with Gasteiger partial charge in [0, 0.05) is 9.61 Å². The number of hydrogen-bond acceptors (Lipinski definition) is 3. The van der Waals surface area contributed by atoms with E-state index in [9.17, 15) is 4.79 Å². The van der Waals surface area contributed by atoms with Crippen molar-refractivity contribution >= 4 is 28.5 Å². The highest BCUT2D eigenvalue weighted by molar-refractivity contribution is 14.1. The largest absolute Gasteiger partial charge is 0.454 e. The fraction of sp³-hybridized carbons (Fsp3) is 0.286. The highest BCUT2D eigenvalue weighted by Gasteiger charge is 2.23. The van der Waals surface area contributed by atoms with E-state index in [-0.39, 0.29) is 12.5 Å². The van der Waals surface area contributed by atoms with Crippen LogP contribution in [-0.4, -0.2) is 21.7 Å². The minimum absolute atomic E-state index is 0.00332. The Hall–Kier alpha value is -1.57. The van der Waals surface area contributed by atoms with Crippen LogP contribution in [0.1, 0.15) is 12.8 Å². The number of benzene rings is 1. The molecule has 2 aromatic rings. The Morgan fingerprint density at radius 2 is 2.10 bits per heavy atom. The van der Waals surface area contributed by atoms with Crippen molar-refractivity contribution in [2.75, 3.05) is 0 Å². The molecule has 0 unspecified atom stereocenters. The summed E-state index contributed by atoms with van der Waals surface area (Å²) in [5.74, 6) is 1.38. The van der Waals surface area contributed by atoms with Crippen molar-refractivity contribution in [2.45, 2.75) is 25.4 Å². The fourth-order valence-electron chi connectivity index (χ4n) is 1.77. The Morgan fingerprint density at radius 1 is 1.35 bits per heavy atom. The summed E-state index contributed by atoms with van der Waals surface area (Å²) in [5.41, 5.74) is 0. The monoisotopic (exact) mass is 383 g/mol. The van der Waals surface area contributed by atoms with E-state index in [0.717, 1.165) is 22.2 Å². The van der Waals surface area contributed by atoms with Gasteiger partial charge in [0.2, 0.25) is 5.91 Å². The number of hydrogen-bond donors (Lipinski definition) is 1. The van der Waals surface area contributed by atoms with E-state index in [1.165, 1.54) is 0 Å². The molecule has 3 rings (SSSR count). The highest BCUT2D eigenvalue weighted by atomic mass is 127.